The molecule has 2 aromatic carbocycles. The average molecular weight is 405 g/mol. The molecule has 0 saturated heterocycles. The molecule has 6 nitrogen and oxygen atoms in total. The van der Waals surface area contributed by atoms with Crippen LogP contribution in [-0.4, -0.2) is 32.5 Å². The van der Waals surface area contributed by atoms with Gasteiger partial charge in [0.2, 0.25) is 10.0 Å². The van der Waals surface area contributed by atoms with Crippen LogP contribution in [0.2, 0.25) is 0 Å². The lowest BCUT2D eigenvalue weighted by atomic mass is 9.87. The van der Waals surface area contributed by atoms with Gasteiger partial charge in [0.15, 0.2) is 0 Å². The van der Waals surface area contributed by atoms with Crippen LogP contribution in [0.5, 0.6) is 5.75 Å². The molecular formula is C21H28N2O4S. The third-order valence-corrected chi connectivity index (χ3v) is 5.70. The number of sulfonamides is 1. The van der Waals surface area contributed by atoms with E-state index in [-0.39, 0.29) is 18.6 Å². The molecule has 28 heavy (non-hydrogen) atoms. The van der Waals surface area contributed by atoms with E-state index in [0.717, 1.165) is 42.4 Å². The molecule has 4 N–H and O–H groups in total. The number of aliphatic hydroxyl groups excluding tert-OH is 1. The van der Waals surface area contributed by atoms with Gasteiger partial charge in [0.1, 0.15) is 12.4 Å². The quantitative estimate of drug-likeness (QED) is 0.616. The predicted molar refractivity (Wildman–Crippen MR) is 111 cm³/mol. The number of hydrogen-bond acceptors (Lipinski definition) is 5. The monoisotopic (exact) mass is 404 g/mol. The average Bonchev–Trinajstić information content (AvgIpc) is 2.79. The van der Waals surface area contributed by atoms with E-state index in [1.807, 2.05) is 42.5 Å². The van der Waals surface area contributed by atoms with E-state index in [1.165, 1.54) is 0 Å². The van der Waals surface area contributed by atoms with E-state index < -0.39 is 16.1 Å². The maximum Gasteiger partial charge on any atom is 0.229 e. The van der Waals surface area contributed by atoms with E-state index in [4.69, 9.17) is 10.5 Å². The van der Waals surface area contributed by atoms with E-state index in [0.29, 0.717) is 12.1 Å². The normalized spacial score (nSPS) is 20.7. The van der Waals surface area contributed by atoms with Crippen LogP contribution in [0.4, 0.5) is 5.69 Å². The van der Waals surface area contributed by atoms with Crippen molar-refractivity contribution in [2.75, 3.05) is 17.6 Å². The van der Waals surface area contributed by atoms with Crippen molar-refractivity contribution in [2.24, 2.45) is 11.7 Å². The zero-order valence-electron chi connectivity index (χ0n) is 16.0. The number of rotatable bonds is 7. The summed E-state index contributed by atoms with van der Waals surface area (Å²) in [5.41, 5.74) is 9.16. The molecule has 0 heterocycles. The maximum absolute atomic E-state index is 11.5. The minimum atomic E-state index is -3.34. The molecule has 3 atom stereocenters. The van der Waals surface area contributed by atoms with Crippen LogP contribution in [0.1, 0.15) is 36.4 Å². The van der Waals surface area contributed by atoms with E-state index in [9.17, 15) is 13.5 Å². The highest BCUT2D eigenvalue weighted by Gasteiger charge is 2.27. The lowest BCUT2D eigenvalue weighted by Crippen LogP contribution is -2.28. The van der Waals surface area contributed by atoms with Crippen LogP contribution in [0.3, 0.4) is 0 Å². The summed E-state index contributed by atoms with van der Waals surface area (Å²) in [5, 5.41) is 10.5. The standard InChI is InChI=1S/C21H28N2O4S/c1-28(25,26)23-17-11-10-15-6-5-7-16(21(22)20(15)13-17)12-18(24)14-27-19-8-3-2-4-9-19/h2-4,8-11,13,16,18,21,23-24H,5-7,12,14,22H2,1H3/t16?,18-,21?/m0/s1. The Bertz CT molecular complexity index is 887. The largest absolute Gasteiger partial charge is 0.491 e. The van der Waals surface area contributed by atoms with E-state index in [1.54, 1.807) is 6.07 Å². The van der Waals surface area contributed by atoms with Crippen LogP contribution >= 0.6 is 0 Å². The first-order valence-electron chi connectivity index (χ1n) is 9.54. The molecule has 1 aliphatic carbocycles. The lowest BCUT2D eigenvalue weighted by Gasteiger charge is -2.26. The maximum atomic E-state index is 11.5. The van der Waals surface area contributed by atoms with Crippen molar-refractivity contribution in [3.63, 3.8) is 0 Å². The third-order valence-electron chi connectivity index (χ3n) is 5.10. The van der Waals surface area contributed by atoms with Gasteiger partial charge in [-0.1, -0.05) is 24.3 Å². The topological polar surface area (TPSA) is 102 Å². The fraction of sp³-hybridized carbons (Fsp3) is 0.429. The highest BCUT2D eigenvalue weighted by Crippen LogP contribution is 2.35. The highest BCUT2D eigenvalue weighted by atomic mass is 32.2. The first-order chi connectivity index (χ1) is 13.3. The summed E-state index contributed by atoms with van der Waals surface area (Å²) in [6, 6.07) is 14.7. The minimum absolute atomic E-state index is 0.101. The van der Waals surface area contributed by atoms with Crippen molar-refractivity contribution >= 4 is 15.7 Å². The van der Waals surface area contributed by atoms with E-state index >= 15 is 0 Å². The minimum Gasteiger partial charge on any atom is -0.491 e. The molecule has 152 valence electrons. The third kappa shape index (κ3) is 5.70. The molecule has 0 amide bonds. The molecule has 1 aliphatic rings. The molecule has 0 saturated carbocycles. The van der Waals surface area contributed by atoms with Gasteiger partial charge in [-0.2, -0.15) is 0 Å². The SMILES string of the molecule is CS(=O)(=O)Nc1ccc2c(c1)C(N)C(C[C@H](O)COc1ccccc1)CCC2. The van der Waals surface area contributed by atoms with Crippen LogP contribution in [-0.2, 0) is 16.4 Å². The first-order valence-corrected chi connectivity index (χ1v) is 11.4. The van der Waals surface area contributed by atoms with Crippen molar-refractivity contribution in [3.05, 3.63) is 59.7 Å². The molecule has 7 heteroatoms. The highest BCUT2D eigenvalue weighted by molar-refractivity contribution is 7.92. The van der Waals surface area contributed by atoms with Gasteiger partial charge in [0, 0.05) is 11.7 Å². The number of aryl methyl sites for hydroxylation is 1. The number of hydrogen-bond donors (Lipinski definition) is 3. The van der Waals surface area contributed by atoms with Crippen molar-refractivity contribution in [2.45, 2.75) is 37.8 Å². The van der Waals surface area contributed by atoms with E-state index in [2.05, 4.69) is 4.72 Å². The van der Waals surface area contributed by atoms with Gasteiger partial charge in [0.25, 0.3) is 0 Å². The number of ether oxygens (including phenoxy) is 1. The predicted octanol–water partition coefficient (Wildman–Crippen LogP) is 2.84. The van der Waals surface area contributed by atoms with Gasteiger partial charge in [-0.15, -0.1) is 0 Å². The second kappa shape index (κ2) is 8.94. The molecule has 2 aromatic rings. The summed E-state index contributed by atoms with van der Waals surface area (Å²) in [5.74, 6) is 0.831. The number of nitrogens with two attached hydrogens (primary N) is 1. The van der Waals surface area contributed by atoms with Gasteiger partial charge in [-0.05, 0) is 67.0 Å². The number of para-hydroxylation sites is 1. The molecule has 0 bridgehead atoms. The molecule has 3 rings (SSSR count). The Morgan fingerprint density at radius 1 is 1.25 bits per heavy atom. The first kappa shape index (κ1) is 20.6. The van der Waals surface area contributed by atoms with Crippen molar-refractivity contribution in [1.29, 1.82) is 0 Å². The number of benzene rings is 2. The van der Waals surface area contributed by atoms with Crippen LogP contribution in [0.25, 0.3) is 0 Å². The Balaban J connectivity index is 1.67. The molecular weight excluding hydrogens is 376 g/mol. The Labute approximate surface area is 166 Å². The second-order valence-electron chi connectivity index (χ2n) is 7.48. The Morgan fingerprint density at radius 3 is 2.71 bits per heavy atom. The summed E-state index contributed by atoms with van der Waals surface area (Å²) < 4.78 is 31.2. The number of nitrogens with one attached hydrogen (secondary N) is 1. The number of fused-ring (bicyclic) bond motifs is 1. The summed E-state index contributed by atoms with van der Waals surface area (Å²) in [6.45, 7) is 0.218. The molecule has 0 aliphatic heterocycles. The van der Waals surface area contributed by atoms with Crippen LogP contribution < -0.4 is 15.2 Å². The van der Waals surface area contributed by atoms with Crippen LogP contribution in [0.15, 0.2) is 48.5 Å². The summed E-state index contributed by atoms with van der Waals surface area (Å²) >= 11 is 0. The van der Waals surface area contributed by atoms with Crippen LogP contribution in [0, 0.1) is 5.92 Å². The summed E-state index contributed by atoms with van der Waals surface area (Å²) in [6.07, 6.45) is 3.84. The van der Waals surface area contributed by atoms with Crippen molar-refractivity contribution < 1.29 is 18.3 Å². The molecule has 0 fully saturated rings. The van der Waals surface area contributed by atoms with Gasteiger partial charge in [-0.25, -0.2) is 8.42 Å². The van der Waals surface area contributed by atoms with Crippen molar-refractivity contribution in [1.82, 2.24) is 0 Å². The fourth-order valence-corrected chi connectivity index (χ4v) is 4.34. The molecule has 2 unspecified atom stereocenters. The summed E-state index contributed by atoms with van der Waals surface area (Å²) in [4.78, 5) is 0. The zero-order valence-corrected chi connectivity index (χ0v) is 16.9. The Kier molecular flexibility index (Phi) is 6.59. The second-order valence-corrected chi connectivity index (χ2v) is 9.23. The van der Waals surface area contributed by atoms with Gasteiger partial charge in [-0.3, -0.25) is 4.72 Å². The number of anilines is 1. The van der Waals surface area contributed by atoms with Crippen molar-refractivity contribution in [3.8, 4) is 5.75 Å². The number of aliphatic hydroxyl groups is 1. The van der Waals surface area contributed by atoms with Gasteiger partial charge < -0.3 is 15.6 Å². The Hall–Kier alpha value is -2.09. The lowest BCUT2D eigenvalue weighted by molar-refractivity contribution is 0.0789. The van der Waals surface area contributed by atoms with Gasteiger partial charge >= 0.3 is 0 Å². The Morgan fingerprint density at radius 2 is 2.00 bits per heavy atom. The fourth-order valence-electron chi connectivity index (χ4n) is 3.79. The van der Waals surface area contributed by atoms with Gasteiger partial charge in [0.05, 0.1) is 12.4 Å². The molecule has 0 aromatic heterocycles. The zero-order chi connectivity index (χ0) is 20.1. The summed E-state index contributed by atoms with van der Waals surface area (Å²) in [7, 11) is -3.34. The smallest absolute Gasteiger partial charge is 0.229 e. The molecule has 0 spiro atoms. The molecule has 0 radical (unpaired) electrons.